The Morgan fingerprint density at radius 1 is 0.409 bits per heavy atom. The van der Waals surface area contributed by atoms with Gasteiger partial charge in [-0.3, -0.25) is 9.59 Å². The van der Waals surface area contributed by atoms with Gasteiger partial charge in [-0.05, 0) is 60.2 Å². The van der Waals surface area contributed by atoms with Crippen LogP contribution in [0.5, 0.6) is 0 Å². The lowest BCUT2D eigenvalue weighted by Crippen LogP contribution is -2.14. The average molecular weight is 569 g/mol. The fourth-order valence-electron chi connectivity index (χ4n) is 7.08. The van der Waals surface area contributed by atoms with Gasteiger partial charge >= 0.3 is 0 Å². The second-order valence-corrected chi connectivity index (χ2v) is 11.2. The molecule has 0 fully saturated rings. The molecule has 0 atom stereocenters. The van der Waals surface area contributed by atoms with Crippen LogP contribution in [0.4, 0.5) is 0 Å². The lowest BCUT2D eigenvalue weighted by molar-refractivity contribution is 0.655. The normalized spacial score (nSPS) is 12.3. The molecule has 10 aromatic rings. The summed E-state index contributed by atoms with van der Waals surface area (Å²) < 4.78 is 17.0. The maximum Gasteiger partial charge on any atom is 0.197 e. The molecule has 44 heavy (non-hydrogen) atoms. The highest BCUT2D eigenvalue weighted by atomic mass is 16.3. The second-order valence-electron chi connectivity index (χ2n) is 11.2. The van der Waals surface area contributed by atoms with Crippen LogP contribution >= 0.6 is 0 Å². The van der Waals surface area contributed by atoms with E-state index in [1.54, 1.807) is 6.07 Å². The first-order valence-electron chi connectivity index (χ1n) is 14.4. The van der Waals surface area contributed by atoms with Crippen molar-refractivity contribution in [3.8, 4) is 11.1 Å². The molecule has 6 aromatic carbocycles. The van der Waals surface area contributed by atoms with E-state index in [1.165, 1.54) is 0 Å². The van der Waals surface area contributed by atoms with Gasteiger partial charge < -0.3 is 17.6 Å². The van der Waals surface area contributed by atoms with Crippen LogP contribution in [0.1, 0.15) is 0 Å². The van der Waals surface area contributed by atoms with Crippen molar-refractivity contribution in [3.05, 3.63) is 142 Å². The minimum atomic E-state index is -0.147. The Bertz CT molecular complexity index is 2800. The standard InChI is InChI=1S/C38H20N2O4/c41-37-22-12-8-18-30-33(22)39(26-14-4-6-16-28(26)43-30)35-24(37)20-25-36(32(35)21-10-2-1-3-11-21)40-27-15-5-7-17-29(27)44-31-19-9-13-23(34(31)40)38(25)42/h1-20H. The van der Waals surface area contributed by atoms with Crippen LogP contribution < -0.4 is 10.9 Å². The third-order valence-corrected chi connectivity index (χ3v) is 8.86. The zero-order valence-electron chi connectivity index (χ0n) is 23.1. The van der Waals surface area contributed by atoms with Crippen LogP contribution in [0.15, 0.2) is 140 Å². The molecule has 0 N–H and O–H groups in total. The highest BCUT2D eigenvalue weighted by Crippen LogP contribution is 2.40. The molecule has 0 aliphatic rings. The van der Waals surface area contributed by atoms with Crippen LogP contribution in [0, 0.1) is 0 Å². The summed E-state index contributed by atoms with van der Waals surface area (Å²) in [6, 6.07) is 38.6. The smallest absolute Gasteiger partial charge is 0.197 e. The Morgan fingerprint density at radius 3 is 1.39 bits per heavy atom. The van der Waals surface area contributed by atoms with Crippen LogP contribution in [0.3, 0.4) is 0 Å². The topological polar surface area (TPSA) is 69.2 Å². The summed E-state index contributed by atoms with van der Waals surface area (Å²) in [5.74, 6) is 0. The van der Waals surface area contributed by atoms with Gasteiger partial charge in [0, 0.05) is 16.3 Å². The van der Waals surface area contributed by atoms with E-state index in [4.69, 9.17) is 8.83 Å². The van der Waals surface area contributed by atoms with Crippen molar-refractivity contribution in [1.82, 2.24) is 8.80 Å². The van der Waals surface area contributed by atoms with E-state index in [0.29, 0.717) is 65.9 Å². The predicted molar refractivity (Wildman–Crippen MR) is 176 cm³/mol. The van der Waals surface area contributed by atoms with Gasteiger partial charge in [0.1, 0.15) is 11.0 Å². The van der Waals surface area contributed by atoms with Crippen molar-refractivity contribution in [2.24, 2.45) is 0 Å². The van der Waals surface area contributed by atoms with Crippen LogP contribution in [0.25, 0.3) is 88.1 Å². The van der Waals surface area contributed by atoms with Crippen LogP contribution in [-0.2, 0) is 0 Å². The van der Waals surface area contributed by atoms with E-state index >= 15 is 0 Å². The molecular formula is C38H20N2O4. The number of benzene rings is 6. The van der Waals surface area contributed by atoms with Crippen molar-refractivity contribution in [3.63, 3.8) is 0 Å². The number of hydrogen-bond acceptors (Lipinski definition) is 4. The van der Waals surface area contributed by atoms with Gasteiger partial charge in [0.05, 0.1) is 32.8 Å². The third-order valence-electron chi connectivity index (χ3n) is 8.86. The molecule has 206 valence electrons. The molecule has 0 spiro atoms. The highest BCUT2D eigenvalue weighted by molar-refractivity contribution is 6.18. The van der Waals surface area contributed by atoms with Gasteiger partial charge in [0.25, 0.3) is 0 Å². The molecular weight excluding hydrogens is 548 g/mol. The molecule has 6 heteroatoms. The Balaban J connectivity index is 1.67. The first kappa shape index (κ1) is 23.4. The fraction of sp³-hybridized carbons (Fsp3) is 0. The van der Waals surface area contributed by atoms with E-state index in [0.717, 1.165) is 22.2 Å². The molecule has 0 saturated carbocycles. The first-order chi connectivity index (χ1) is 21.7. The van der Waals surface area contributed by atoms with Gasteiger partial charge in [0.15, 0.2) is 33.2 Å². The molecule has 0 saturated heterocycles. The zero-order chi connectivity index (χ0) is 29.1. The number of hydrogen-bond donors (Lipinski definition) is 0. The van der Waals surface area contributed by atoms with Crippen molar-refractivity contribution in [1.29, 1.82) is 0 Å². The number of nitrogens with zero attached hydrogens (tertiary/aromatic N) is 2. The van der Waals surface area contributed by atoms with Crippen molar-refractivity contribution >= 4 is 77.0 Å². The number of fused-ring (bicyclic) bond motifs is 8. The van der Waals surface area contributed by atoms with Crippen molar-refractivity contribution < 1.29 is 8.83 Å². The molecule has 4 aromatic heterocycles. The number of aromatic nitrogens is 2. The highest BCUT2D eigenvalue weighted by Gasteiger charge is 2.25. The number of rotatable bonds is 1. The summed E-state index contributed by atoms with van der Waals surface area (Å²) in [7, 11) is 0. The van der Waals surface area contributed by atoms with Gasteiger partial charge in [-0.2, -0.15) is 0 Å². The van der Waals surface area contributed by atoms with Crippen molar-refractivity contribution in [2.45, 2.75) is 0 Å². The molecule has 0 unspecified atom stereocenters. The lowest BCUT2D eigenvalue weighted by Gasteiger charge is -2.21. The monoisotopic (exact) mass is 568 g/mol. The SMILES string of the molecule is O=c1c2cc3c(=O)c4cccc5oc6ccccc6n(c3c(-c3ccccc3)c2n2c3ccccc3oc3cccc1c32)c54. The molecule has 0 amide bonds. The summed E-state index contributed by atoms with van der Waals surface area (Å²) in [6.45, 7) is 0. The molecule has 0 bridgehead atoms. The predicted octanol–water partition coefficient (Wildman–Crippen LogP) is 8.68. The summed E-state index contributed by atoms with van der Waals surface area (Å²) in [4.78, 5) is 28.9. The van der Waals surface area contributed by atoms with E-state index in [-0.39, 0.29) is 10.9 Å². The van der Waals surface area contributed by atoms with Gasteiger partial charge in [-0.15, -0.1) is 0 Å². The molecule has 0 radical (unpaired) electrons. The molecule has 4 heterocycles. The van der Waals surface area contributed by atoms with Crippen LogP contribution in [-0.4, -0.2) is 8.80 Å². The first-order valence-corrected chi connectivity index (χ1v) is 14.4. The zero-order valence-corrected chi connectivity index (χ0v) is 23.1. The lowest BCUT2D eigenvalue weighted by atomic mass is 9.94. The molecule has 0 aliphatic carbocycles. The maximum absolute atomic E-state index is 14.5. The quantitative estimate of drug-likeness (QED) is 0.147. The maximum atomic E-state index is 14.5. The van der Waals surface area contributed by atoms with E-state index in [2.05, 4.69) is 8.80 Å². The Morgan fingerprint density at radius 2 is 0.864 bits per heavy atom. The molecule has 0 aliphatic heterocycles. The Kier molecular flexibility index (Phi) is 4.39. The van der Waals surface area contributed by atoms with Gasteiger partial charge in [0.2, 0.25) is 0 Å². The molecule has 10 rings (SSSR count). The summed E-state index contributed by atoms with van der Waals surface area (Å²) in [5, 5.41) is 2.01. The van der Waals surface area contributed by atoms with Crippen LogP contribution in [0.2, 0.25) is 0 Å². The largest absolute Gasteiger partial charge is 0.453 e. The minimum Gasteiger partial charge on any atom is -0.453 e. The number of para-hydroxylation sites is 6. The van der Waals surface area contributed by atoms with Gasteiger partial charge in [-0.1, -0.05) is 66.7 Å². The van der Waals surface area contributed by atoms with E-state index in [1.807, 2.05) is 115 Å². The third kappa shape index (κ3) is 2.84. The van der Waals surface area contributed by atoms with E-state index in [9.17, 15) is 9.59 Å². The molecule has 6 nitrogen and oxygen atoms in total. The summed E-state index contributed by atoms with van der Waals surface area (Å²) in [6.07, 6.45) is 0. The fourth-order valence-corrected chi connectivity index (χ4v) is 7.08. The minimum absolute atomic E-state index is 0.147. The van der Waals surface area contributed by atoms with Gasteiger partial charge in [-0.25, -0.2) is 0 Å². The summed E-state index contributed by atoms with van der Waals surface area (Å²) >= 11 is 0. The second kappa shape index (κ2) is 8.24. The Hall–Kier alpha value is -6.14. The average Bonchev–Trinajstić information content (AvgIpc) is 3.07. The Labute approximate surface area is 247 Å². The van der Waals surface area contributed by atoms with E-state index < -0.39 is 0 Å². The number of pyridine rings is 2. The summed E-state index contributed by atoms with van der Waals surface area (Å²) in [5.41, 5.74) is 8.45. The van der Waals surface area contributed by atoms with Crippen molar-refractivity contribution in [2.75, 3.05) is 0 Å².